The van der Waals surface area contributed by atoms with Crippen molar-refractivity contribution in [3.8, 4) is 5.75 Å². The van der Waals surface area contributed by atoms with E-state index < -0.39 is 0 Å². The molecule has 3 rings (SSSR count). The maximum atomic E-state index is 6.17. The molecule has 3 aromatic carbocycles. The first kappa shape index (κ1) is 32.7. The van der Waals surface area contributed by atoms with Crippen LogP contribution in [0.25, 0.3) is 0 Å². The first-order chi connectivity index (χ1) is 19.0. The highest BCUT2D eigenvalue weighted by atomic mass is 16.5. The minimum Gasteiger partial charge on any atom is -0.494 e. The molecule has 0 amide bonds. The van der Waals surface area contributed by atoms with Crippen LogP contribution < -0.4 is 4.74 Å². The fraction of sp³-hybridized carbons (Fsp3) is 0.526. The summed E-state index contributed by atoms with van der Waals surface area (Å²) in [4.78, 5) is 0. The second-order valence-electron chi connectivity index (χ2n) is 11.2. The molecular weight excluding hydrogens is 472 g/mol. The Morgan fingerprint density at radius 3 is 2.08 bits per heavy atom. The van der Waals surface area contributed by atoms with E-state index in [1.807, 2.05) is 0 Å². The standard InChI is InChI=1S/C29H44O.C9H12/c1-5-8-17-28-18-19-29(23-27(28)7-3)30-21-20-25(12-6-2)14-9-10-15-26-16-11-13-24(4)22-26;1-3-9-7-5-4-6-8(9)2/h11,13,16,18-19,22-23,25H,5-10,12,14-15,17,20-21H2,1-4H3;4-7H,3H2,1-2H3. The van der Waals surface area contributed by atoms with Crippen molar-refractivity contribution in [3.05, 3.63) is 100 Å². The number of hydrogen-bond acceptors (Lipinski definition) is 1. The van der Waals surface area contributed by atoms with Gasteiger partial charge in [0, 0.05) is 0 Å². The van der Waals surface area contributed by atoms with E-state index in [0.717, 1.165) is 31.1 Å². The molecule has 0 aliphatic carbocycles. The molecule has 0 aliphatic heterocycles. The predicted molar refractivity (Wildman–Crippen MR) is 172 cm³/mol. The largest absolute Gasteiger partial charge is 0.494 e. The fourth-order valence-corrected chi connectivity index (χ4v) is 5.45. The summed E-state index contributed by atoms with van der Waals surface area (Å²) in [6.07, 6.45) is 14.9. The molecule has 0 saturated carbocycles. The third kappa shape index (κ3) is 12.9. The molecule has 214 valence electrons. The van der Waals surface area contributed by atoms with E-state index in [4.69, 9.17) is 4.74 Å². The molecule has 0 saturated heterocycles. The average Bonchev–Trinajstić information content (AvgIpc) is 2.95. The number of benzene rings is 3. The third-order valence-corrected chi connectivity index (χ3v) is 7.90. The molecule has 0 N–H and O–H groups in total. The van der Waals surface area contributed by atoms with E-state index in [0.29, 0.717) is 0 Å². The van der Waals surface area contributed by atoms with E-state index in [-0.39, 0.29) is 0 Å². The topological polar surface area (TPSA) is 9.23 Å². The molecule has 1 unspecified atom stereocenters. The summed E-state index contributed by atoms with van der Waals surface area (Å²) in [5.41, 5.74) is 8.68. The van der Waals surface area contributed by atoms with Gasteiger partial charge in [-0.25, -0.2) is 0 Å². The third-order valence-electron chi connectivity index (χ3n) is 7.90. The van der Waals surface area contributed by atoms with Gasteiger partial charge in [0.25, 0.3) is 0 Å². The van der Waals surface area contributed by atoms with E-state index in [1.54, 1.807) is 0 Å². The number of hydrogen-bond donors (Lipinski definition) is 0. The summed E-state index contributed by atoms with van der Waals surface area (Å²) in [5.74, 6) is 1.85. The number of ether oxygens (including phenoxy) is 1. The molecular formula is C38H56O. The second-order valence-corrected chi connectivity index (χ2v) is 11.2. The van der Waals surface area contributed by atoms with Crippen LogP contribution in [0.15, 0.2) is 66.7 Å². The molecule has 1 nitrogen and oxygen atoms in total. The SMILES string of the molecule is CCCCc1ccc(OCCC(CCC)CCCCc2cccc(C)c2)cc1CC.CCc1ccccc1C. The van der Waals surface area contributed by atoms with Crippen molar-refractivity contribution in [3.63, 3.8) is 0 Å². The van der Waals surface area contributed by atoms with Gasteiger partial charge in [0.15, 0.2) is 0 Å². The van der Waals surface area contributed by atoms with Gasteiger partial charge in [-0.05, 0) is 105 Å². The summed E-state index contributed by atoms with van der Waals surface area (Å²) in [5, 5.41) is 0. The Hall–Kier alpha value is -2.54. The summed E-state index contributed by atoms with van der Waals surface area (Å²) in [7, 11) is 0. The highest BCUT2D eigenvalue weighted by Gasteiger charge is 2.09. The highest BCUT2D eigenvalue weighted by Crippen LogP contribution is 2.23. The summed E-state index contributed by atoms with van der Waals surface area (Å²) in [6, 6.07) is 24.2. The van der Waals surface area contributed by atoms with Crippen molar-refractivity contribution in [2.24, 2.45) is 5.92 Å². The van der Waals surface area contributed by atoms with Crippen LogP contribution in [0.3, 0.4) is 0 Å². The maximum absolute atomic E-state index is 6.17. The van der Waals surface area contributed by atoms with Crippen molar-refractivity contribution in [1.29, 1.82) is 0 Å². The molecule has 1 heteroatoms. The van der Waals surface area contributed by atoms with E-state index in [1.165, 1.54) is 97.6 Å². The molecule has 0 bridgehead atoms. The average molecular weight is 529 g/mol. The van der Waals surface area contributed by atoms with Crippen LogP contribution in [-0.4, -0.2) is 6.61 Å². The van der Waals surface area contributed by atoms with E-state index in [2.05, 4.69) is 108 Å². The smallest absolute Gasteiger partial charge is 0.119 e. The van der Waals surface area contributed by atoms with Crippen molar-refractivity contribution in [2.45, 2.75) is 119 Å². The second kappa shape index (κ2) is 19.5. The first-order valence-corrected chi connectivity index (χ1v) is 15.8. The van der Waals surface area contributed by atoms with Gasteiger partial charge < -0.3 is 4.74 Å². The van der Waals surface area contributed by atoms with Gasteiger partial charge in [-0.15, -0.1) is 0 Å². The number of aryl methyl sites for hydroxylation is 6. The fourth-order valence-electron chi connectivity index (χ4n) is 5.45. The van der Waals surface area contributed by atoms with Gasteiger partial charge in [-0.3, -0.25) is 0 Å². The Kier molecular flexibility index (Phi) is 16.3. The zero-order chi connectivity index (χ0) is 28.3. The van der Waals surface area contributed by atoms with Gasteiger partial charge in [0.1, 0.15) is 5.75 Å². The molecule has 0 heterocycles. The van der Waals surface area contributed by atoms with Crippen LogP contribution in [0.2, 0.25) is 0 Å². The van der Waals surface area contributed by atoms with Crippen LogP contribution >= 0.6 is 0 Å². The molecule has 1 atom stereocenters. The van der Waals surface area contributed by atoms with Crippen LogP contribution in [0.5, 0.6) is 5.75 Å². The molecule has 0 fully saturated rings. The van der Waals surface area contributed by atoms with E-state index in [9.17, 15) is 0 Å². The van der Waals surface area contributed by atoms with Crippen molar-refractivity contribution in [1.82, 2.24) is 0 Å². The molecule has 39 heavy (non-hydrogen) atoms. The van der Waals surface area contributed by atoms with Crippen LogP contribution in [-0.2, 0) is 25.7 Å². The van der Waals surface area contributed by atoms with Gasteiger partial charge >= 0.3 is 0 Å². The lowest BCUT2D eigenvalue weighted by Crippen LogP contribution is -2.08. The van der Waals surface area contributed by atoms with E-state index >= 15 is 0 Å². The first-order valence-electron chi connectivity index (χ1n) is 15.8. The van der Waals surface area contributed by atoms with Gasteiger partial charge in [0.2, 0.25) is 0 Å². The quantitative estimate of drug-likeness (QED) is 0.168. The zero-order valence-corrected chi connectivity index (χ0v) is 26.0. The monoisotopic (exact) mass is 528 g/mol. The van der Waals surface area contributed by atoms with Crippen LogP contribution in [0.1, 0.15) is 112 Å². The Bertz CT molecular complexity index is 1050. The summed E-state index contributed by atoms with van der Waals surface area (Å²) in [6.45, 7) is 14.2. The zero-order valence-electron chi connectivity index (χ0n) is 26.0. The Morgan fingerprint density at radius 2 is 1.41 bits per heavy atom. The lowest BCUT2D eigenvalue weighted by molar-refractivity contribution is 0.262. The molecule has 0 spiro atoms. The lowest BCUT2D eigenvalue weighted by atomic mass is 9.93. The van der Waals surface area contributed by atoms with Crippen molar-refractivity contribution >= 4 is 0 Å². The normalized spacial score (nSPS) is 11.5. The van der Waals surface area contributed by atoms with Crippen LogP contribution in [0, 0.1) is 19.8 Å². The van der Waals surface area contributed by atoms with Gasteiger partial charge in [-0.2, -0.15) is 0 Å². The van der Waals surface area contributed by atoms with Gasteiger partial charge in [0.05, 0.1) is 6.61 Å². The Morgan fingerprint density at radius 1 is 0.615 bits per heavy atom. The van der Waals surface area contributed by atoms with Crippen LogP contribution in [0.4, 0.5) is 0 Å². The summed E-state index contributed by atoms with van der Waals surface area (Å²) < 4.78 is 6.17. The maximum Gasteiger partial charge on any atom is 0.119 e. The molecule has 0 aromatic heterocycles. The minimum absolute atomic E-state index is 0.794. The molecule has 3 aromatic rings. The number of unbranched alkanes of at least 4 members (excludes halogenated alkanes) is 2. The molecule has 0 aliphatic rings. The Labute approximate surface area is 241 Å². The molecule has 0 radical (unpaired) electrons. The van der Waals surface area contributed by atoms with Crippen molar-refractivity contribution < 1.29 is 4.74 Å². The highest BCUT2D eigenvalue weighted by molar-refractivity contribution is 5.36. The lowest BCUT2D eigenvalue weighted by Gasteiger charge is -2.17. The van der Waals surface area contributed by atoms with Gasteiger partial charge in [-0.1, -0.05) is 120 Å². The number of rotatable bonds is 16. The Balaban J connectivity index is 0.000000499. The summed E-state index contributed by atoms with van der Waals surface area (Å²) >= 11 is 0. The predicted octanol–water partition coefficient (Wildman–Crippen LogP) is 11.1. The minimum atomic E-state index is 0.794. The van der Waals surface area contributed by atoms with Crippen molar-refractivity contribution in [2.75, 3.05) is 6.61 Å².